The quantitative estimate of drug-likeness (QED) is 0.668. The fraction of sp³-hybridized carbons (Fsp3) is 0.625. The van der Waals surface area contributed by atoms with Crippen LogP contribution >= 0.6 is 0 Å². The van der Waals surface area contributed by atoms with Gasteiger partial charge in [0.05, 0.1) is 7.11 Å². The van der Waals surface area contributed by atoms with Gasteiger partial charge in [0.1, 0.15) is 11.3 Å². The van der Waals surface area contributed by atoms with Crippen LogP contribution in [0.5, 0.6) is 0 Å². The topological polar surface area (TPSA) is 92.5 Å². The molecule has 0 bridgehead atoms. The van der Waals surface area contributed by atoms with Gasteiger partial charge >= 0.3 is 12.1 Å². The van der Waals surface area contributed by atoms with Gasteiger partial charge in [0, 0.05) is 24.8 Å². The Morgan fingerprint density at radius 3 is 2.57 bits per heavy atom. The monoisotopic (exact) mass is 325 g/mol. The largest absolute Gasteiger partial charge is 0.464 e. The third-order valence-electron chi connectivity index (χ3n) is 3.12. The van der Waals surface area contributed by atoms with E-state index >= 15 is 0 Å². The van der Waals surface area contributed by atoms with E-state index < -0.39 is 17.7 Å². The van der Waals surface area contributed by atoms with Crippen molar-refractivity contribution in [2.45, 2.75) is 52.3 Å². The number of alkyl carbamates (subject to hydrolysis) is 1. The molecule has 1 amide bonds. The molecule has 0 saturated heterocycles. The van der Waals surface area contributed by atoms with E-state index in [1.807, 2.05) is 33.8 Å². The molecule has 0 aromatic carbocycles. The first-order chi connectivity index (χ1) is 10.7. The molecule has 1 unspecified atom stereocenters. The zero-order valence-electron chi connectivity index (χ0n) is 14.5. The lowest BCUT2D eigenvalue weighted by Crippen LogP contribution is -2.42. The average molecular weight is 325 g/mol. The van der Waals surface area contributed by atoms with E-state index in [1.54, 1.807) is 6.07 Å². The lowest BCUT2D eigenvalue weighted by Gasteiger charge is -2.22. The number of esters is 1. The maximum Gasteiger partial charge on any atom is 0.407 e. The van der Waals surface area contributed by atoms with Crippen molar-refractivity contribution in [3.63, 3.8) is 0 Å². The van der Waals surface area contributed by atoms with Crippen LogP contribution in [0.15, 0.2) is 12.1 Å². The first-order valence-corrected chi connectivity index (χ1v) is 7.71. The molecule has 1 heterocycles. The fourth-order valence-corrected chi connectivity index (χ4v) is 1.91. The molecule has 1 aromatic heterocycles. The highest BCUT2D eigenvalue weighted by molar-refractivity contribution is 5.87. The van der Waals surface area contributed by atoms with E-state index in [-0.39, 0.29) is 6.04 Å². The molecule has 0 aliphatic rings. The Balaban J connectivity index is 2.40. The van der Waals surface area contributed by atoms with Gasteiger partial charge in [-0.15, -0.1) is 0 Å². The first-order valence-electron chi connectivity index (χ1n) is 7.71. The number of ether oxygens (including phenoxy) is 2. The second kappa shape index (κ2) is 8.57. The SMILES string of the molecule is CCC(CNC(=O)OC(C)(C)C)NCc1ccc(C(=O)OC)[nH]1. The molecule has 0 spiro atoms. The van der Waals surface area contributed by atoms with Gasteiger partial charge in [-0.3, -0.25) is 0 Å². The standard InChI is InChI=1S/C16H27N3O4/c1-6-11(9-18-15(21)23-16(2,3)4)17-10-12-7-8-13(19-12)14(20)22-5/h7-8,11,17,19H,6,9-10H2,1-5H3,(H,18,21). The van der Waals surface area contributed by atoms with Crippen LogP contribution in [-0.4, -0.2) is 42.3 Å². The average Bonchev–Trinajstić information content (AvgIpc) is 2.93. The molecule has 130 valence electrons. The molecule has 1 rings (SSSR count). The van der Waals surface area contributed by atoms with Gasteiger partial charge < -0.3 is 25.1 Å². The molecule has 7 heteroatoms. The van der Waals surface area contributed by atoms with Crippen molar-refractivity contribution in [1.29, 1.82) is 0 Å². The predicted octanol–water partition coefficient (Wildman–Crippen LogP) is 2.19. The Morgan fingerprint density at radius 2 is 2.00 bits per heavy atom. The molecule has 0 fully saturated rings. The summed E-state index contributed by atoms with van der Waals surface area (Å²) in [6.07, 6.45) is 0.422. The zero-order valence-corrected chi connectivity index (χ0v) is 14.5. The van der Waals surface area contributed by atoms with Crippen molar-refractivity contribution in [1.82, 2.24) is 15.6 Å². The van der Waals surface area contributed by atoms with Crippen LogP contribution in [0.3, 0.4) is 0 Å². The molecular formula is C16H27N3O4. The normalized spacial score (nSPS) is 12.6. The summed E-state index contributed by atoms with van der Waals surface area (Å²) in [7, 11) is 1.34. The summed E-state index contributed by atoms with van der Waals surface area (Å²) >= 11 is 0. The summed E-state index contributed by atoms with van der Waals surface area (Å²) in [6, 6.07) is 3.61. The van der Waals surface area contributed by atoms with Gasteiger partial charge in [-0.1, -0.05) is 6.92 Å². The number of hydrogen-bond donors (Lipinski definition) is 3. The highest BCUT2D eigenvalue weighted by Crippen LogP contribution is 2.07. The zero-order chi connectivity index (χ0) is 17.5. The maximum atomic E-state index is 11.6. The van der Waals surface area contributed by atoms with Crippen LogP contribution < -0.4 is 10.6 Å². The van der Waals surface area contributed by atoms with Crippen LogP contribution in [0.25, 0.3) is 0 Å². The fourth-order valence-electron chi connectivity index (χ4n) is 1.91. The van der Waals surface area contributed by atoms with Crippen molar-refractivity contribution in [3.8, 4) is 0 Å². The van der Waals surface area contributed by atoms with E-state index in [0.29, 0.717) is 18.8 Å². The van der Waals surface area contributed by atoms with E-state index in [4.69, 9.17) is 4.74 Å². The summed E-state index contributed by atoms with van der Waals surface area (Å²) in [5, 5.41) is 6.07. The van der Waals surface area contributed by atoms with Gasteiger partial charge in [-0.2, -0.15) is 0 Å². The van der Waals surface area contributed by atoms with Crippen LogP contribution in [0, 0.1) is 0 Å². The summed E-state index contributed by atoms with van der Waals surface area (Å²) in [6.45, 7) is 8.54. The minimum Gasteiger partial charge on any atom is -0.464 e. The van der Waals surface area contributed by atoms with Gasteiger partial charge in [0.15, 0.2) is 0 Å². The van der Waals surface area contributed by atoms with Gasteiger partial charge in [-0.25, -0.2) is 9.59 Å². The van der Waals surface area contributed by atoms with Crippen LogP contribution in [0.1, 0.15) is 50.3 Å². The number of carbonyl (C=O) groups excluding carboxylic acids is 2. The maximum absolute atomic E-state index is 11.6. The molecule has 1 atom stereocenters. The van der Waals surface area contributed by atoms with Crippen molar-refractivity contribution >= 4 is 12.1 Å². The first kappa shape index (κ1) is 19.0. The number of hydrogen-bond acceptors (Lipinski definition) is 5. The van der Waals surface area contributed by atoms with E-state index in [1.165, 1.54) is 7.11 Å². The van der Waals surface area contributed by atoms with Crippen molar-refractivity contribution in [2.75, 3.05) is 13.7 Å². The molecule has 1 aromatic rings. The van der Waals surface area contributed by atoms with Gasteiger partial charge in [0.25, 0.3) is 0 Å². The lowest BCUT2D eigenvalue weighted by atomic mass is 10.2. The summed E-state index contributed by atoms with van der Waals surface area (Å²) in [5.74, 6) is -0.394. The third-order valence-corrected chi connectivity index (χ3v) is 3.12. The Hall–Kier alpha value is -2.02. The molecule has 0 radical (unpaired) electrons. The minimum atomic E-state index is -0.506. The number of rotatable bonds is 7. The molecule has 0 aliphatic carbocycles. The molecule has 0 saturated carbocycles. The summed E-state index contributed by atoms with van der Waals surface area (Å²) in [4.78, 5) is 26.0. The molecular weight excluding hydrogens is 298 g/mol. The predicted molar refractivity (Wildman–Crippen MR) is 87.3 cm³/mol. The Bertz CT molecular complexity index is 520. The van der Waals surface area contributed by atoms with Crippen molar-refractivity contribution < 1.29 is 19.1 Å². The third kappa shape index (κ3) is 7.19. The highest BCUT2D eigenvalue weighted by Gasteiger charge is 2.17. The number of amides is 1. The second-order valence-electron chi connectivity index (χ2n) is 6.26. The molecule has 3 N–H and O–H groups in total. The molecule has 7 nitrogen and oxygen atoms in total. The van der Waals surface area contributed by atoms with Gasteiger partial charge in [0.2, 0.25) is 0 Å². The van der Waals surface area contributed by atoms with Crippen LogP contribution in [0.2, 0.25) is 0 Å². The van der Waals surface area contributed by atoms with Gasteiger partial charge in [-0.05, 0) is 39.3 Å². The van der Waals surface area contributed by atoms with Crippen LogP contribution in [-0.2, 0) is 16.0 Å². The van der Waals surface area contributed by atoms with Crippen molar-refractivity contribution in [2.24, 2.45) is 0 Å². The number of carbonyl (C=O) groups is 2. The summed E-state index contributed by atoms with van der Waals surface area (Å²) < 4.78 is 9.85. The Labute approximate surface area is 137 Å². The number of aromatic nitrogens is 1. The number of H-pyrrole nitrogens is 1. The Kier molecular flexibility index (Phi) is 7.09. The smallest absolute Gasteiger partial charge is 0.407 e. The minimum absolute atomic E-state index is 0.104. The Morgan fingerprint density at radius 1 is 1.30 bits per heavy atom. The molecule has 23 heavy (non-hydrogen) atoms. The number of methoxy groups -OCH3 is 1. The van der Waals surface area contributed by atoms with E-state index in [9.17, 15) is 9.59 Å². The van der Waals surface area contributed by atoms with E-state index in [0.717, 1.165) is 12.1 Å². The van der Waals surface area contributed by atoms with Crippen molar-refractivity contribution in [3.05, 3.63) is 23.5 Å². The van der Waals surface area contributed by atoms with E-state index in [2.05, 4.69) is 20.4 Å². The summed E-state index contributed by atoms with van der Waals surface area (Å²) in [5.41, 5.74) is 0.790. The lowest BCUT2D eigenvalue weighted by molar-refractivity contribution is 0.0520. The number of aromatic amines is 1. The van der Waals surface area contributed by atoms with Crippen LogP contribution in [0.4, 0.5) is 4.79 Å². The second-order valence-corrected chi connectivity index (χ2v) is 6.26. The number of nitrogens with one attached hydrogen (secondary N) is 3. The molecule has 0 aliphatic heterocycles. The highest BCUT2D eigenvalue weighted by atomic mass is 16.6.